The zero-order valence-corrected chi connectivity index (χ0v) is 8.95. The standard InChI is InChI=1S/C11H16N2O/c1-4-13(5-2)11(14)10-6-7-12-8-9(10)3/h6-8H,4-5H2,1-3H3. The van der Waals surface area contributed by atoms with E-state index in [-0.39, 0.29) is 5.91 Å². The Hall–Kier alpha value is -1.38. The molecular weight excluding hydrogens is 176 g/mol. The normalized spacial score (nSPS) is 9.93. The highest BCUT2D eigenvalue weighted by atomic mass is 16.2. The highest BCUT2D eigenvalue weighted by Crippen LogP contribution is 2.08. The third-order valence-electron chi connectivity index (χ3n) is 2.30. The molecule has 0 radical (unpaired) electrons. The number of carbonyl (C=O) groups excluding carboxylic acids is 1. The highest BCUT2D eigenvalue weighted by Gasteiger charge is 2.13. The van der Waals surface area contributed by atoms with Crippen LogP contribution >= 0.6 is 0 Å². The van der Waals surface area contributed by atoms with Gasteiger partial charge in [0.05, 0.1) is 0 Å². The van der Waals surface area contributed by atoms with Gasteiger partial charge in [-0.3, -0.25) is 9.78 Å². The molecule has 14 heavy (non-hydrogen) atoms. The fourth-order valence-corrected chi connectivity index (χ4v) is 1.39. The molecule has 0 bridgehead atoms. The molecule has 0 fully saturated rings. The molecule has 1 rings (SSSR count). The summed E-state index contributed by atoms with van der Waals surface area (Å²) in [5, 5.41) is 0. The van der Waals surface area contributed by atoms with Crippen LogP contribution in [0, 0.1) is 6.92 Å². The summed E-state index contributed by atoms with van der Waals surface area (Å²) in [5.41, 5.74) is 1.69. The number of rotatable bonds is 3. The van der Waals surface area contributed by atoms with Gasteiger partial charge in [-0.2, -0.15) is 0 Å². The van der Waals surface area contributed by atoms with Gasteiger partial charge in [-0.1, -0.05) is 0 Å². The largest absolute Gasteiger partial charge is 0.339 e. The van der Waals surface area contributed by atoms with Gasteiger partial charge >= 0.3 is 0 Å². The lowest BCUT2D eigenvalue weighted by Crippen LogP contribution is -2.30. The molecular formula is C11H16N2O. The van der Waals surface area contributed by atoms with Crippen LogP contribution in [-0.2, 0) is 0 Å². The monoisotopic (exact) mass is 192 g/mol. The van der Waals surface area contributed by atoms with E-state index in [4.69, 9.17) is 0 Å². The van der Waals surface area contributed by atoms with Crippen LogP contribution in [-0.4, -0.2) is 28.9 Å². The van der Waals surface area contributed by atoms with Crippen LogP contribution in [0.3, 0.4) is 0 Å². The molecule has 1 aromatic heterocycles. The second kappa shape index (κ2) is 4.74. The lowest BCUT2D eigenvalue weighted by atomic mass is 10.1. The molecule has 1 aromatic rings. The van der Waals surface area contributed by atoms with Gasteiger partial charge in [-0.25, -0.2) is 0 Å². The Bertz CT molecular complexity index is 319. The van der Waals surface area contributed by atoms with Gasteiger partial charge in [-0.15, -0.1) is 0 Å². The van der Waals surface area contributed by atoms with E-state index in [0.717, 1.165) is 24.2 Å². The van der Waals surface area contributed by atoms with Crippen LogP contribution in [0.25, 0.3) is 0 Å². The maximum Gasteiger partial charge on any atom is 0.254 e. The number of carbonyl (C=O) groups is 1. The summed E-state index contributed by atoms with van der Waals surface area (Å²) in [5.74, 6) is 0.0925. The van der Waals surface area contributed by atoms with Crippen molar-refractivity contribution in [3.8, 4) is 0 Å². The quantitative estimate of drug-likeness (QED) is 0.732. The smallest absolute Gasteiger partial charge is 0.254 e. The van der Waals surface area contributed by atoms with E-state index in [1.54, 1.807) is 18.5 Å². The van der Waals surface area contributed by atoms with E-state index < -0.39 is 0 Å². The Balaban J connectivity index is 2.94. The Kier molecular flexibility index (Phi) is 3.63. The van der Waals surface area contributed by atoms with Crippen LogP contribution in [0.15, 0.2) is 18.5 Å². The molecule has 76 valence electrons. The van der Waals surface area contributed by atoms with Crippen LogP contribution in [0.4, 0.5) is 0 Å². The predicted octanol–water partition coefficient (Wildman–Crippen LogP) is 1.87. The van der Waals surface area contributed by atoms with E-state index in [1.807, 2.05) is 25.7 Å². The average molecular weight is 192 g/mol. The fraction of sp³-hybridized carbons (Fsp3) is 0.455. The second-order valence-corrected chi connectivity index (χ2v) is 3.17. The molecule has 0 spiro atoms. The van der Waals surface area contributed by atoms with Gasteiger partial charge < -0.3 is 4.90 Å². The Morgan fingerprint density at radius 1 is 1.43 bits per heavy atom. The van der Waals surface area contributed by atoms with E-state index >= 15 is 0 Å². The molecule has 3 heteroatoms. The summed E-state index contributed by atoms with van der Waals surface area (Å²) in [4.78, 5) is 17.7. The van der Waals surface area contributed by atoms with Crippen molar-refractivity contribution in [2.45, 2.75) is 20.8 Å². The SMILES string of the molecule is CCN(CC)C(=O)c1ccncc1C. The van der Waals surface area contributed by atoms with E-state index in [1.165, 1.54) is 0 Å². The second-order valence-electron chi connectivity index (χ2n) is 3.17. The minimum Gasteiger partial charge on any atom is -0.339 e. The third-order valence-corrected chi connectivity index (χ3v) is 2.30. The number of hydrogen-bond acceptors (Lipinski definition) is 2. The Morgan fingerprint density at radius 2 is 2.07 bits per heavy atom. The van der Waals surface area contributed by atoms with Crippen molar-refractivity contribution in [2.24, 2.45) is 0 Å². The molecule has 0 N–H and O–H groups in total. The molecule has 3 nitrogen and oxygen atoms in total. The van der Waals surface area contributed by atoms with E-state index in [9.17, 15) is 4.79 Å². The molecule has 1 amide bonds. The number of pyridine rings is 1. The molecule has 0 aromatic carbocycles. The highest BCUT2D eigenvalue weighted by molar-refractivity contribution is 5.95. The minimum atomic E-state index is 0.0925. The Morgan fingerprint density at radius 3 is 2.57 bits per heavy atom. The van der Waals surface area contributed by atoms with Crippen LogP contribution < -0.4 is 0 Å². The molecule has 0 saturated carbocycles. The number of nitrogens with zero attached hydrogens (tertiary/aromatic N) is 2. The molecule has 0 unspecified atom stereocenters. The van der Waals surface area contributed by atoms with E-state index in [0.29, 0.717) is 0 Å². The summed E-state index contributed by atoms with van der Waals surface area (Å²) < 4.78 is 0. The summed E-state index contributed by atoms with van der Waals surface area (Å²) in [6, 6.07) is 1.77. The maximum atomic E-state index is 11.9. The zero-order chi connectivity index (χ0) is 10.6. The fourth-order valence-electron chi connectivity index (χ4n) is 1.39. The molecule has 0 aliphatic carbocycles. The van der Waals surface area contributed by atoms with Gasteiger partial charge in [-0.05, 0) is 32.4 Å². The molecule has 0 saturated heterocycles. The molecule has 0 aliphatic heterocycles. The first-order valence-corrected chi connectivity index (χ1v) is 4.90. The number of aromatic nitrogens is 1. The first-order valence-electron chi connectivity index (χ1n) is 4.90. The van der Waals surface area contributed by atoms with Crippen LogP contribution in [0.2, 0.25) is 0 Å². The number of amides is 1. The number of aryl methyl sites for hydroxylation is 1. The van der Waals surface area contributed by atoms with Crippen molar-refractivity contribution in [1.29, 1.82) is 0 Å². The summed E-state index contributed by atoms with van der Waals surface area (Å²) in [6.45, 7) is 7.37. The van der Waals surface area contributed by atoms with Crippen molar-refractivity contribution in [3.63, 3.8) is 0 Å². The summed E-state index contributed by atoms with van der Waals surface area (Å²) >= 11 is 0. The van der Waals surface area contributed by atoms with Gasteiger partial charge in [0, 0.05) is 31.0 Å². The van der Waals surface area contributed by atoms with Crippen molar-refractivity contribution in [3.05, 3.63) is 29.6 Å². The third kappa shape index (κ3) is 2.10. The first kappa shape index (κ1) is 10.7. The van der Waals surface area contributed by atoms with Gasteiger partial charge in [0.1, 0.15) is 0 Å². The predicted molar refractivity (Wildman–Crippen MR) is 56.2 cm³/mol. The lowest BCUT2D eigenvalue weighted by molar-refractivity contribution is 0.0772. The summed E-state index contributed by atoms with van der Waals surface area (Å²) in [6.07, 6.45) is 3.38. The van der Waals surface area contributed by atoms with Crippen molar-refractivity contribution >= 4 is 5.91 Å². The molecule has 0 atom stereocenters. The van der Waals surface area contributed by atoms with Crippen LogP contribution in [0.5, 0.6) is 0 Å². The van der Waals surface area contributed by atoms with Crippen molar-refractivity contribution < 1.29 is 4.79 Å². The lowest BCUT2D eigenvalue weighted by Gasteiger charge is -2.19. The van der Waals surface area contributed by atoms with Gasteiger partial charge in [0.2, 0.25) is 0 Å². The topological polar surface area (TPSA) is 33.2 Å². The maximum absolute atomic E-state index is 11.9. The van der Waals surface area contributed by atoms with Crippen molar-refractivity contribution in [1.82, 2.24) is 9.88 Å². The van der Waals surface area contributed by atoms with Crippen LogP contribution in [0.1, 0.15) is 29.8 Å². The molecule has 1 heterocycles. The zero-order valence-electron chi connectivity index (χ0n) is 8.95. The number of hydrogen-bond donors (Lipinski definition) is 0. The minimum absolute atomic E-state index is 0.0925. The average Bonchev–Trinajstić information content (AvgIpc) is 2.20. The Labute approximate surface area is 84.8 Å². The van der Waals surface area contributed by atoms with E-state index in [2.05, 4.69) is 4.98 Å². The first-order chi connectivity index (χ1) is 6.70. The molecule has 0 aliphatic rings. The van der Waals surface area contributed by atoms with Gasteiger partial charge in [0.15, 0.2) is 0 Å². The van der Waals surface area contributed by atoms with Crippen molar-refractivity contribution in [2.75, 3.05) is 13.1 Å². The van der Waals surface area contributed by atoms with Gasteiger partial charge in [0.25, 0.3) is 5.91 Å². The summed E-state index contributed by atoms with van der Waals surface area (Å²) in [7, 11) is 0.